The first-order valence-electron chi connectivity index (χ1n) is 9.32. The number of aryl methyl sites for hydroxylation is 1. The lowest BCUT2D eigenvalue weighted by Crippen LogP contribution is -2.50. The van der Waals surface area contributed by atoms with Gasteiger partial charge in [-0.05, 0) is 32.2 Å². The fourth-order valence-electron chi connectivity index (χ4n) is 3.31. The number of piperazine rings is 1. The molecule has 0 bridgehead atoms. The minimum Gasteiger partial charge on any atom is -0.342 e. The van der Waals surface area contributed by atoms with Gasteiger partial charge in [-0.25, -0.2) is 4.68 Å². The highest BCUT2D eigenvalue weighted by atomic mass is 32.1. The third-order valence-corrected chi connectivity index (χ3v) is 6.13. The molecule has 0 atom stereocenters. The van der Waals surface area contributed by atoms with E-state index in [2.05, 4.69) is 15.3 Å². The summed E-state index contributed by atoms with van der Waals surface area (Å²) in [5.41, 5.74) is 1.84. The van der Waals surface area contributed by atoms with Gasteiger partial charge in [0.1, 0.15) is 4.83 Å². The van der Waals surface area contributed by atoms with Crippen molar-refractivity contribution in [2.75, 3.05) is 39.8 Å². The normalized spacial score (nSPS) is 15.1. The Morgan fingerprint density at radius 2 is 1.86 bits per heavy atom. The topological polar surface area (TPSA) is 70.5 Å². The number of aromatic nitrogens is 2. The molecule has 8 heteroatoms. The van der Waals surface area contributed by atoms with Crippen LogP contribution in [0.2, 0.25) is 0 Å². The molecule has 146 valence electrons. The van der Waals surface area contributed by atoms with Crippen LogP contribution in [-0.2, 0) is 4.79 Å². The van der Waals surface area contributed by atoms with Crippen LogP contribution in [0.4, 0.5) is 0 Å². The van der Waals surface area contributed by atoms with Gasteiger partial charge >= 0.3 is 0 Å². The molecule has 4 rings (SSSR count). The summed E-state index contributed by atoms with van der Waals surface area (Å²) in [4.78, 5) is 30.5. The Balaban J connectivity index is 1.47. The number of likely N-dealkylation sites (N-methyl/N-ethyl adjacent to an activating group) is 1. The maximum Gasteiger partial charge on any atom is 0.261 e. The smallest absolute Gasteiger partial charge is 0.261 e. The average Bonchev–Trinajstić information content (AvgIpc) is 3.28. The Kier molecular flexibility index (Phi) is 5.15. The molecule has 0 unspecified atom stereocenters. The van der Waals surface area contributed by atoms with Crippen molar-refractivity contribution in [1.29, 1.82) is 0 Å². The van der Waals surface area contributed by atoms with Crippen LogP contribution in [0.5, 0.6) is 0 Å². The molecule has 1 aromatic carbocycles. The minimum absolute atomic E-state index is 0.0284. The summed E-state index contributed by atoms with van der Waals surface area (Å²) in [7, 11) is 2.05. The highest BCUT2D eigenvalue weighted by molar-refractivity contribution is 7.20. The van der Waals surface area contributed by atoms with Crippen LogP contribution in [0.15, 0.2) is 36.4 Å². The van der Waals surface area contributed by atoms with Crippen molar-refractivity contribution in [2.24, 2.45) is 0 Å². The summed E-state index contributed by atoms with van der Waals surface area (Å²) >= 11 is 1.39. The van der Waals surface area contributed by atoms with Crippen LogP contribution >= 0.6 is 11.3 Å². The van der Waals surface area contributed by atoms with E-state index < -0.39 is 0 Å². The van der Waals surface area contributed by atoms with E-state index in [9.17, 15) is 9.59 Å². The fourth-order valence-corrected chi connectivity index (χ4v) is 4.41. The van der Waals surface area contributed by atoms with E-state index in [0.717, 1.165) is 34.7 Å². The summed E-state index contributed by atoms with van der Waals surface area (Å²) in [6.07, 6.45) is 0. The number of thiophene rings is 1. The molecule has 0 aliphatic carbocycles. The van der Waals surface area contributed by atoms with Crippen molar-refractivity contribution >= 4 is 33.4 Å². The number of rotatable bonds is 4. The molecule has 28 heavy (non-hydrogen) atoms. The van der Waals surface area contributed by atoms with Gasteiger partial charge in [0, 0.05) is 31.6 Å². The number of carbonyl (C=O) groups excluding carboxylic acids is 2. The van der Waals surface area contributed by atoms with Gasteiger partial charge < -0.3 is 15.1 Å². The summed E-state index contributed by atoms with van der Waals surface area (Å²) in [5.74, 6) is -0.253. The van der Waals surface area contributed by atoms with E-state index in [1.54, 1.807) is 0 Å². The number of benzene rings is 1. The molecule has 7 nitrogen and oxygen atoms in total. The van der Waals surface area contributed by atoms with Gasteiger partial charge in [-0.3, -0.25) is 9.59 Å². The van der Waals surface area contributed by atoms with Gasteiger partial charge in [0.25, 0.3) is 5.91 Å². The van der Waals surface area contributed by atoms with Gasteiger partial charge in [0.15, 0.2) is 0 Å². The van der Waals surface area contributed by atoms with Gasteiger partial charge in [-0.15, -0.1) is 11.3 Å². The first-order chi connectivity index (χ1) is 13.5. The first kappa shape index (κ1) is 18.6. The molecule has 1 aliphatic rings. The third kappa shape index (κ3) is 3.65. The van der Waals surface area contributed by atoms with Crippen molar-refractivity contribution in [1.82, 2.24) is 24.9 Å². The molecule has 1 saturated heterocycles. The molecule has 0 radical (unpaired) electrons. The quantitative estimate of drug-likeness (QED) is 0.730. The standard InChI is InChI=1S/C20H23N5O2S/c1-14-16-12-17(28-20(16)25(22-14)15-6-4-3-5-7-15)19(27)21-13-18(26)24-10-8-23(2)9-11-24/h3-7,12H,8-11,13H2,1-2H3,(H,21,27). The Hall–Kier alpha value is -2.71. The van der Waals surface area contributed by atoms with Crippen LogP contribution in [0.3, 0.4) is 0 Å². The number of amides is 2. The molecule has 3 aromatic rings. The van der Waals surface area contributed by atoms with Crippen LogP contribution < -0.4 is 5.32 Å². The van der Waals surface area contributed by atoms with E-state index in [4.69, 9.17) is 0 Å². The Bertz CT molecular complexity index is 1000. The monoisotopic (exact) mass is 397 g/mol. The Morgan fingerprint density at radius 1 is 1.14 bits per heavy atom. The second kappa shape index (κ2) is 7.73. The molecule has 2 amide bonds. The van der Waals surface area contributed by atoms with E-state index >= 15 is 0 Å². The number of nitrogens with one attached hydrogen (secondary N) is 1. The first-order valence-corrected chi connectivity index (χ1v) is 10.1. The lowest BCUT2D eigenvalue weighted by atomic mass is 10.3. The molecular formula is C20H23N5O2S. The van der Waals surface area contributed by atoms with E-state index in [0.29, 0.717) is 18.0 Å². The molecule has 3 heterocycles. The number of carbonyl (C=O) groups is 2. The van der Waals surface area contributed by atoms with E-state index in [1.165, 1.54) is 11.3 Å². The molecule has 0 saturated carbocycles. The molecule has 1 aliphatic heterocycles. The second-order valence-corrected chi connectivity index (χ2v) is 8.06. The molecule has 1 fully saturated rings. The van der Waals surface area contributed by atoms with Crippen LogP contribution in [0.1, 0.15) is 15.4 Å². The number of nitrogens with zero attached hydrogens (tertiary/aromatic N) is 4. The summed E-state index contributed by atoms with van der Waals surface area (Å²) in [6, 6.07) is 11.7. The Labute approximate surface area is 167 Å². The summed E-state index contributed by atoms with van der Waals surface area (Å²) in [6.45, 7) is 5.12. The molecule has 0 spiro atoms. The van der Waals surface area contributed by atoms with Crippen molar-refractivity contribution in [3.8, 4) is 5.69 Å². The number of hydrogen-bond acceptors (Lipinski definition) is 5. The lowest BCUT2D eigenvalue weighted by molar-refractivity contribution is -0.131. The van der Waals surface area contributed by atoms with Crippen molar-refractivity contribution in [3.05, 3.63) is 47.0 Å². The fraction of sp³-hybridized carbons (Fsp3) is 0.350. The Morgan fingerprint density at radius 3 is 2.57 bits per heavy atom. The highest BCUT2D eigenvalue weighted by Gasteiger charge is 2.21. The lowest BCUT2D eigenvalue weighted by Gasteiger charge is -2.32. The third-order valence-electron chi connectivity index (χ3n) is 5.03. The molecular weight excluding hydrogens is 374 g/mol. The van der Waals surface area contributed by atoms with Gasteiger partial charge in [0.2, 0.25) is 5.91 Å². The summed E-state index contributed by atoms with van der Waals surface area (Å²) in [5, 5.41) is 8.33. The van der Waals surface area contributed by atoms with Crippen molar-refractivity contribution in [3.63, 3.8) is 0 Å². The number of fused-ring (bicyclic) bond motifs is 1. The van der Waals surface area contributed by atoms with Crippen LogP contribution in [0, 0.1) is 6.92 Å². The molecule has 2 aromatic heterocycles. The highest BCUT2D eigenvalue weighted by Crippen LogP contribution is 2.30. The zero-order chi connectivity index (χ0) is 19.7. The van der Waals surface area contributed by atoms with Crippen LogP contribution in [0.25, 0.3) is 15.9 Å². The molecule has 1 N–H and O–H groups in total. The number of para-hydroxylation sites is 1. The van der Waals surface area contributed by atoms with Crippen LogP contribution in [-0.4, -0.2) is 71.2 Å². The van der Waals surface area contributed by atoms with Crippen molar-refractivity contribution < 1.29 is 9.59 Å². The zero-order valence-corrected chi connectivity index (χ0v) is 16.8. The maximum atomic E-state index is 12.6. The van der Waals surface area contributed by atoms with Gasteiger partial charge in [-0.2, -0.15) is 5.10 Å². The predicted octanol–water partition coefficient (Wildman–Crippen LogP) is 1.90. The SMILES string of the molecule is Cc1nn(-c2ccccc2)c2sc(C(=O)NCC(=O)N3CCN(C)CC3)cc12. The predicted molar refractivity (Wildman–Crippen MR) is 110 cm³/mol. The minimum atomic E-state index is -0.220. The summed E-state index contributed by atoms with van der Waals surface area (Å²) < 4.78 is 1.86. The van der Waals surface area contributed by atoms with Gasteiger partial charge in [-0.1, -0.05) is 18.2 Å². The number of hydrogen-bond donors (Lipinski definition) is 1. The largest absolute Gasteiger partial charge is 0.342 e. The van der Waals surface area contributed by atoms with Gasteiger partial charge in [0.05, 0.1) is 22.8 Å². The maximum absolute atomic E-state index is 12.6. The van der Waals surface area contributed by atoms with E-state index in [1.807, 2.05) is 60.0 Å². The average molecular weight is 398 g/mol. The van der Waals surface area contributed by atoms with Crippen molar-refractivity contribution in [2.45, 2.75) is 6.92 Å². The van der Waals surface area contributed by atoms with E-state index in [-0.39, 0.29) is 18.4 Å². The second-order valence-electron chi connectivity index (χ2n) is 7.03. The zero-order valence-electron chi connectivity index (χ0n) is 16.0.